The summed E-state index contributed by atoms with van der Waals surface area (Å²) in [5.74, 6) is 0. The number of hydrogen-bond acceptors (Lipinski definition) is 4. The van der Waals surface area contributed by atoms with Gasteiger partial charge in [0.15, 0.2) is 0 Å². The lowest BCUT2D eigenvalue weighted by molar-refractivity contribution is 0.0524. The fraction of sp³-hybridized carbons (Fsp3) is 0.444. The highest BCUT2D eigenvalue weighted by molar-refractivity contribution is 5.82. The van der Waals surface area contributed by atoms with Crippen LogP contribution in [0.4, 0.5) is 4.79 Å². The minimum Gasteiger partial charge on any atom is -0.444 e. The molecule has 5 nitrogen and oxygen atoms in total. The summed E-state index contributed by atoms with van der Waals surface area (Å²) in [5.41, 5.74) is 8.74. The predicted octanol–water partition coefficient (Wildman–Crippen LogP) is 2.94. The lowest BCUT2D eigenvalue weighted by atomic mass is 10.0. The zero-order valence-corrected chi connectivity index (χ0v) is 14.2. The number of benzene rings is 1. The Kier molecular flexibility index (Phi) is 5.21. The summed E-state index contributed by atoms with van der Waals surface area (Å²) in [4.78, 5) is 16.2. The molecule has 0 fully saturated rings. The minimum atomic E-state index is -0.507. The molecule has 5 heteroatoms. The summed E-state index contributed by atoms with van der Waals surface area (Å²) >= 11 is 0. The number of aromatic nitrogens is 1. The van der Waals surface area contributed by atoms with Gasteiger partial charge in [-0.05, 0) is 51.8 Å². The number of rotatable bonds is 4. The van der Waals surface area contributed by atoms with Crippen LogP contribution in [0.2, 0.25) is 0 Å². The van der Waals surface area contributed by atoms with E-state index in [0.717, 1.165) is 22.2 Å². The second-order valence-electron chi connectivity index (χ2n) is 6.79. The zero-order valence-electron chi connectivity index (χ0n) is 14.2. The normalized spacial score (nSPS) is 12.9. The van der Waals surface area contributed by atoms with Gasteiger partial charge in [-0.25, -0.2) is 4.79 Å². The van der Waals surface area contributed by atoms with Crippen molar-refractivity contribution < 1.29 is 9.53 Å². The third-order valence-corrected chi connectivity index (χ3v) is 3.32. The van der Waals surface area contributed by atoms with Crippen molar-refractivity contribution in [3.63, 3.8) is 0 Å². The molecule has 2 rings (SSSR count). The molecule has 0 aliphatic carbocycles. The van der Waals surface area contributed by atoms with Gasteiger partial charge in [0, 0.05) is 23.7 Å². The lowest BCUT2D eigenvalue weighted by Crippen LogP contribution is -2.41. The van der Waals surface area contributed by atoms with Gasteiger partial charge in [-0.3, -0.25) is 4.98 Å². The van der Waals surface area contributed by atoms with Crippen LogP contribution in [0.15, 0.2) is 30.3 Å². The Morgan fingerprint density at radius 1 is 1.35 bits per heavy atom. The van der Waals surface area contributed by atoms with Crippen LogP contribution in [0, 0.1) is 6.92 Å². The molecule has 3 N–H and O–H groups in total. The van der Waals surface area contributed by atoms with Crippen LogP contribution in [0.5, 0.6) is 0 Å². The van der Waals surface area contributed by atoms with Crippen molar-refractivity contribution in [3.8, 4) is 0 Å². The summed E-state index contributed by atoms with van der Waals surface area (Å²) in [6.07, 6.45) is 0.225. The standard InChI is InChI=1S/C18H25N3O2/c1-12-9-13(15-7-5-6-8-16(15)21-12)10-14(19)11-20-17(22)23-18(2,3)4/h5-9,14H,10-11,19H2,1-4H3,(H,20,22). The van der Waals surface area contributed by atoms with Crippen molar-refractivity contribution in [1.29, 1.82) is 0 Å². The number of amides is 1. The van der Waals surface area contributed by atoms with Crippen LogP contribution < -0.4 is 11.1 Å². The van der Waals surface area contributed by atoms with E-state index < -0.39 is 11.7 Å². The minimum absolute atomic E-state index is 0.187. The van der Waals surface area contributed by atoms with Crippen LogP contribution in [-0.2, 0) is 11.2 Å². The van der Waals surface area contributed by atoms with E-state index in [1.165, 1.54) is 0 Å². The lowest BCUT2D eigenvalue weighted by Gasteiger charge is -2.21. The molecule has 0 saturated carbocycles. The Bertz CT molecular complexity index is 692. The quantitative estimate of drug-likeness (QED) is 0.909. The number of hydrogen-bond donors (Lipinski definition) is 2. The molecule has 1 atom stereocenters. The fourth-order valence-electron chi connectivity index (χ4n) is 2.45. The molecule has 1 aromatic carbocycles. The smallest absolute Gasteiger partial charge is 0.407 e. The zero-order chi connectivity index (χ0) is 17.0. The molecule has 1 aromatic heterocycles. The van der Waals surface area contributed by atoms with Crippen LogP contribution in [-0.4, -0.2) is 29.3 Å². The summed E-state index contributed by atoms with van der Waals surface area (Å²) in [5, 5.41) is 3.82. The molecule has 0 saturated heterocycles. The van der Waals surface area contributed by atoms with Crippen molar-refractivity contribution in [3.05, 3.63) is 41.6 Å². The number of fused-ring (bicyclic) bond motifs is 1. The van der Waals surface area contributed by atoms with Crippen LogP contribution in [0.25, 0.3) is 10.9 Å². The van der Waals surface area contributed by atoms with Crippen molar-refractivity contribution >= 4 is 17.0 Å². The number of alkyl carbamates (subject to hydrolysis) is 1. The molecule has 0 bridgehead atoms. The molecular formula is C18H25N3O2. The maximum absolute atomic E-state index is 11.7. The highest BCUT2D eigenvalue weighted by atomic mass is 16.6. The van der Waals surface area contributed by atoms with E-state index in [0.29, 0.717) is 13.0 Å². The molecule has 0 aliphatic rings. The summed E-state index contributed by atoms with van der Waals surface area (Å²) in [7, 11) is 0. The van der Waals surface area contributed by atoms with Gasteiger partial charge in [0.2, 0.25) is 0 Å². The van der Waals surface area contributed by atoms with Gasteiger partial charge in [0.05, 0.1) is 5.52 Å². The van der Waals surface area contributed by atoms with E-state index in [1.807, 2.05) is 52.0 Å². The molecule has 0 aliphatic heterocycles. The van der Waals surface area contributed by atoms with E-state index in [-0.39, 0.29) is 6.04 Å². The molecule has 1 amide bonds. The van der Waals surface area contributed by atoms with E-state index in [9.17, 15) is 4.79 Å². The first-order valence-electron chi connectivity index (χ1n) is 7.82. The number of carbonyl (C=O) groups is 1. The van der Waals surface area contributed by atoms with Crippen molar-refractivity contribution in [2.24, 2.45) is 5.73 Å². The van der Waals surface area contributed by atoms with Gasteiger partial charge in [0.25, 0.3) is 0 Å². The average molecular weight is 315 g/mol. The van der Waals surface area contributed by atoms with Crippen LogP contribution in [0.3, 0.4) is 0 Å². The number of nitrogens with one attached hydrogen (secondary N) is 1. The van der Waals surface area contributed by atoms with Gasteiger partial charge in [-0.1, -0.05) is 18.2 Å². The van der Waals surface area contributed by atoms with E-state index in [4.69, 9.17) is 10.5 Å². The molecular weight excluding hydrogens is 290 g/mol. The fourth-order valence-corrected chi connectivity index (χ4v) is 2.45. The SMILES string of the molecule is Cc1cc(CC(N)CNC(=O)OC(C)(C)C)c2ccccc2n1. The first kappa shape index (κ1) is 17.2. The number of pyridine rings is 1. The number of nitrogens with zero attached hydrogens (tertiary/aromatic N) is 1. The number of aryl methyl sites for hydroxylation is 1. The molecule has 23 heavy (non-hydrogen) atoms. The Morgan fingerprint density at radius 3 is 2.74 bits per heavy atom. The predicted molar refractivity (Wildman–Crippen MR) is 92.4 cm³/mol. The maximum Gasteiger partial charge on any atom is 0.407 e. The van der Waals surface area contributed by atoms with Crippen LogP contribution >= 0.6 is 0 Å². The molecule has 2 aromatic rings. The third kappa shape index (κ3) is 5.21. The largest absolute Gasteiger partial charge is 0.444 e. The third-order valence-electron chi connectivity index (χ3n) is 3.32. The van der Waals surface area contributed by atoms with Gasteiger partial charge >= 0.3 is 6.09 Å². The molecule has 124 valence electrons. The van der Waals surface area contributed by atoms with Gasteiger partial charge in [-0.15, -0.1) is 0 Å². The Hall–Kier alpha value is -2.14. The van der Waals surface area contributed by atoms with Gasteiger partial charge in [0.1, 0.15) is 5.60 Å². The summed E-state index contributed by atoms with van der Waals surface area (Å²) in [6.45, 7) is 7.83. The highest BCUT2D eigenvalue weighted by Crippen LogP contribution is 2.19. The molecule has 0 radical (unpaired) electrons. The second kappa shape index (κ2) is 6.96. The van der Waals surface area contributed by atoms with Crippen molar-refractivity contribution in [2.75, 3.05) is 6.54 Å². The Labute approximate surface area is 137 Å². The first-order valence-corrected chi connectivity index (χ1v) is 7.82. The van der Waals surface area contributed by atoms with Gasteiger partial charge < -0.3 is 15.8 Å². The van der Waals surface area contributed by atoms with E-state index >= 15 is 0 Å². The van der Waals surface area contributed by atoms with Gasteiger partial charge in [-0.2, -0.15) is 0 Å². The van der Waals surface area contributed by atoms with Crippen molar-refractivity contribution in [2.45, 2.75) is 45.8 Å². The second-order valence-corrected chi connectivity index (χ2v) is 6.79. The number of para-hydroxylation sites is 1. The number of carbonyl (C=O) groups excluding carboxylic acids is 1. The van der Waals surface area contributed by atoms with Crippen LogP contribution in [0.1, 0.15) is 32.0 Å². The van der Waals surface area contributed by atoms with E-state index in [2.05, 4.69) is 16.4 Å². The van der Waals surface area contributed by atoms with Crippen molar-refractivity contribution in [1.82, 2.24) is 10.3 Å². The topological polar surface area (TPSA) is 77.2 Å². The summed E-state index contributed by atoms with van der Waals surface area (Å²) < 4.78 is 5.21. The Balaban J connectivity index is 2.01. The molecule has 1 heterocycles. The summed E-state index contributed by atoms with van der Waals surface area (Å²) in [6, 6.07) is 9.88. The number of ether oxygens (including phenoxy) is 1. The first-order chi connectivity index (χ1) is 10.7. The molecule has 1 unspecified atom stereocenters. The molecule has 0 spiro atoms. The average Bonchev–Trinajstić information content (AvgIpc) is 2.43. The maximum atomic E-state index is 11.7. The van der Waals surface area contributed by atoms with E-state index in [1.54, 1.807) is 0 Å². The number of nitrogens with two attached hydrogens (primary N) is 1. The monoisotopic (exact) mass is 315 g/mol. The Morgan fingerprint density at radius 2 is 2.04 bits per heavy atom. The highest BCUT2D eigenvalue weighted by Gasteiger charge is 2.17.